The number of rotatable bonds is 3. The number of aryl methyl sites for hydroxylation is 1. The Kier molecular flexibility index (Phi) is 4.01. The number of imide groups is 1. The SMILES string of the molecule is O=C(C[C@@H](O)c1ccccc1)N1C(=O)O[C@H]2CCc3ccccc3[C@@H]21. The van der Waals surface area contributed by atoms with Crippen LogP contribution in [0.1, 0.15) is 41.7 Å². The Bertz CT molecular complexity index is 804. The fourth-order valence-electron chi connectivity index (χ4n) is 3.75. The second-order valence-electron chi connectivity index (χ2n) is 6.50. The average Bonchev–Trinajstić information content (AvgIpc) is 2.99. The Balaban J connectivity index is 1.59. The third-order valence-corrected chi connectivity index (χ3v) is 4.97. The molecule has 1 heterocycles. The van der Waals surface area contributed by atoms with Crippen LogP contribution in [-0.4, -0.2) is 28.1 Å². The normalized spacial score (nSPS) is 22.8. The molecule has 2 aromatic rings. The first-order chi connectivity index (χ1) is 12.1. The van der Waals surface area contributed by atoms with Crippen molar-refractivity contribution in [2.24, 2.45) is 0 Å². The predicted octanol–water partition coefficient (Wildman–Crippen LogP) is 3.15. The van der Waals surface area contributed by atoms with Crippen LogP contribution in [0.2, 0.25) is 0 Å². The molecule has 128 valence electrons. The summed E-state index contributed by atoms with van der Waals surface area (Å²) >= 11 is 0. The Morgan fingerprint density at radius 3 is 2.68 bits per heavy atom. The van der Waals surface area contributed by atoms with Gasteiger partial charge < -0.3 is 9.84 Å². The van der Waals surface area contributed by atoms with Crippen molar-refractivity contribution in [2.45, 2.75) is 37.5 Å². The van der Waals surface area contributed by atoms with Crippen LogP contribution >= 0.6 is 0 Å². The first kappa shape index (κ1) is 15.8. The van der Waals surface area contributed by atoms with Gasteiger partial charge in [-0.05, 0) is 29.5 Å². The molecule has 1 N–H and O–H groups in total. The molecule has 3 atom stereocenters. The van der Waals surface area contributed by atoms with Crippen molar-refractivity contribution in [2.75, 3.05) is 0 Å². The quantitative estimate of drug-likeness (QED) is 0.934. The van der Waals surface area contributed by atoms with E-state index >= 15 is 0 Å². The van der Waals surface area contributed by atoms with Gasteiger partial charge in [-0.15, -0.1) is 0 Å². The topological polar surface area (TPSA) is 66.8 Å². The van der Waals surface area contributed by atoms with Gasteiger partial charge in [0.1, 0.15) is 12.1 Å². The third kappa shape index (κ3) is 2.81. The lowest BCUT2D eigenvalue weighted by Crippen LogP contribution is -2.37. The van der Waals surface area contributed by atoms with Gasteiger partial charge in [-0.25, -0.2) is 9.69 Å². The Morgan fingerprint density at radius 1 is 1.16 bits per heavy atom. The number of carbonyl (C=O) groups excluding carboxylic acids is 2. The van der Waals surface area contributed by atoms with E-state index in [4.69, 9.17) is 4.74 Å². The van der Waals surface area contributed by atoms with Crippen LogP contribution in [0.3, 0.4) is 0 Å². The molecule has 1 fully saturated rings. The van der Waals surface area contributed by atoms with Gasteiger partial charge in [0.15, 0.2) is 0 Å². The molecular weight excluding hydrogens is 318 g/mol. The monoisotopic (exact) mass is 337 g/mol. The summed E-state index contributed by atoms with van der Waals surface area (Å²) in [7, 11) is 0. The molecule has 5 heteroatoms. The van der Waals surface area contributed by atoms with Crippen LogP contribution in [0.5, 0.6) is 0 Å². The maximum absolute atomic E-state index is 12.8. The number of hydrogen-bond acceptors (Lipinski definition) is 4. The van der Waals surface area contributed by atoms with Crippen LogP contribution in [0.15, 0.2) is 54.6 Å². The maximum Gasteiger partial charge on any atom is 0.417 e. The van der Waals surface area contributed by atoms with Gasteiger partial charge in [-0.1, -0.05) is 54.6 Å². The third-order valence-electron chi connectivity index (χ3n) is 4.97. The predicted molar refractivity (Wildman–Crippen MR) is 90.6 cm³/mol. The molecule has 5 nitrogen and oxygen atoms in total. The second kappa shape index (κ2) is 6.33. The van der Waals surface area contributed by atoms with Gasteiger partial charge in [0.2, 0.25) is 5.91 Å². The number of hydrogen-bond donors (Lipinski definition) is 1. The van der Waals surface area contributed by atoms with Gasteiger partial charge in [-0.2, -0.15) is 0 Å². The fraction of sp³-hybridized carbons (Fsp3) is 0.300. The lowest BCUT2D eigenvalue weighted by Gasteiger charge is -2.30. The van der Waals surface area contributed by atoms with Crippen molar-refractivity contribution < 1.29 is 19.4 Å². The van der Waals surface area contributed by atoms with E-state index in [-0.39, 0.29) is 12.5 Å². The van der Waals surface area contributed by atoms with Crippen molar-refractivity contribution in [1.82, 2.24) is 4.90 Å². The van der Waals surface area contributed by atoms with Crippen LogP contribution in [0, 0.1) is 0 Å². The summed E-state index contributed by atoms with van der Waals surface area (Å²) in [5, 5.41) is 10.3. The zero-order valence-electron chi connectivity index (χ0n) is 13.7. The highest BCUT2D eigenvalue weighted by atomic mass is 16.6. The summed E-state index contributed by atoms with van der Waals surface area (Å²) in [6, 6.07) is 16.4. The summed E-state index contributed by atoms with van der Waals surface area (Å²) < 4.78 is 5.43. The van der Waals surface area contributed by atoms with Crippen LogP contribution in [-0.2, 0) is 16.0 Å². The zero-order valence-corrected chi connectivity index (χ0v) is 13.7. The van der Waals surface area contributed by atoms with E-state index in [0.717, 1.165) is 17.5 Å². The summed E-state index contributed by atoms with van der Waals surface area (Å²) in [5.41, 5.74) is 2.76. The van der Waals surface area contributed by atoms with E-state index in [0.29, 0.717) is 12.0 Å². The number of amides is 2. The molecule has 2 aliphatic rings. The molecule has 0 radical (unpaired) electrons. The average molecular weight is 337 g/mol. The van der Waals surface area contributed by atoms with E-state index in [9.17, 15) is 14.7 Å². The lowest BCUT2D eigenvalue weighted by molar-refractivity contribution is -0.131. The lowest BCUT2D eigenvalue weighted by atomic mass is 9.85. The highest BCUT2D eigenvalue weighted by Crippen LogP contribution is 2.41. The molecule has 0 aromatic heterocycles. The molecule has 0 unspecified atom stereocenters. The summed E-state index contributed by atoms with van der Waals surface area (Å²) in [6.45, 7) is 0. The molecule has 2 aromatic carbocycles. The Morgan fingerprint density at radius 2 is 1.88 bits per heavy atom. The molecule has 2 amide bonds. The number of aliphatic hydroxyl groups is 1. The van der Waals surface area contributed by atoms with Gasteiger partial charge in [0.05, 0.1) is 12.5 Å². The van der Waals surface area contributed by atoms with Gasteiger partial charge in [0, 0.05) is 0 Å². The molecule has 0 saturated carbocycles. The van der Waals surface area contributed by atoms with E-state index in [1.165, 1.54) is 4.90 Å². The van der Waals surface area contributed by atoms with Crippen molar-refractivity contribution in [3.8, 4) is 0 Å². The number of nitrogens with zero attached hydrogens (tertiary/aromatic N) is 1. The highest BCUT2D eigenvalue weighted by Gasteiger charge is 2.48. The Labute approximate surface area is 145 Å². The van der Waals surface area contributed by atoms with E-state index in [2.05, 4.69) is 0 Å². The van der Waals surface area contributed by atoms with Crippen molar-refractivity contribution in [3.63, 3.8) is 0 Å². The molecule has 25 heavy (non-hydrogen) atoms. The van der Waals surface area contributed by atoms with E-state index in [1.54, 1.807) is 24.3 Å². The first-order valence-corrected chi connectivity index (χ1v) is 8.48. The summed E-state index contributed by atoms with van der Waals surface area (Å²) in [5.74, 6) is -0.412. The second-order valence-corrected chi connectivity index (χ2v) is 6.50. The summed E-state index contributed by atoms with van der Waals surface area (Å²) in [6.07, 6.45) is -0.473. The van der Waals surface area contributed by atoms with Crippen molar-refractivity contribution >= 4 is 12.0 Å². The molecule has 0 bridgehead atoms. The number of aliphatic hydroxyl groups excluding tert-OH is 1. The highest BCUT2D eigenvalue weighted by molar-refractivity contribution is 5.94. The zero-order chi connectivity index (χ0) is 17.4. The van der Waals surface area contributed by atoms with E-state index < -0.39 is 24.1 Å². The fourth-order valence-corrected chi connectivity index (χ4v) is 3.75. The van der Waals surface area contributed by atoms with E-state index in [1.807, 2.05) is 30.3 Å². The minimum Gasteiger partial charge on any atom is -0.443 e. The molecule has 4 rings (SSSR count). The minimum atomic E-state index is -0.945. The molecular formula is C20H19NO4. The van der Waals surface area contributed by atoms with Crippen LogP contribution in [0.4, 0.5) is 4.79 Å². The smallest absolute Gasteiger partial charge is 0.417 e. The Hall–Kier alpha value is -2.66. The van der Waals surface area contributed by atoms with Crippen LogP contribution < -0.4 is 0 Å². The molecule has 0 spiro atoms. The number of benzene rings is 2. The largest absolute Gasteiger partial charge is 0.443 e. The molecule has 1 aliphatic carbocycles. The van der Waals surface area contributed by atoms with Crippen molar-refractivity contribution in [3.05, 3.63) is 71.3 Å². The minimum absolute atomic E-state index is 0.148. The maximum atomic E-state index is 12.8. The summed E-state index contributed by atoms with van der Waals surface area (Å²) in [4.78, 5) is 26.3. The molecule has 1 aliphatic heterocycles. The first-order valence-electron chi connectivity index (χ1n) is 8.48. The number of carbonyl (C=O) groups is 2. The van der Waals surface area contributed by atoms with Gasteiger partial charge in [0.25, 0.3) is 0 Å². The molecule has 1 saturated heterocycles. The van der Waals surface area contributed by atoms with Crippen molar-refractivity contribution in [1.29, 1.82) is 0 Å². The number of ether oxygens (including phenoxy) is 1. The van der Waals surface area contributed by atoms with Crippen LogP contribution in [0.25, 0.3) is 0 Å². The van der Waals surface area contributed by atoms with Gasteiger partial charge in [-0.3, -0.25) is 4.79 Å². The number of fused-ring (bicyclic) bond motifs is 3. The standard InChI is InChI=1S/C20H19NO4/c22-16(14-7-2-1-3-8-14)12-18(23)21-19-15-9-5-4-6-13(15)10-11-17(19)25-20(21)24/h1-9,16-17,19,22H,10-12H2/t16-,17+,19+/m1/s1. The van der Waals surface area contributed by atoms with Gasteiger partial charge >= 0.3 is 6.09 Å².